The fraction of sp³-hybridized carbons (Fsp3) is 0.170. The van der Waals surface area contributed by atoms with Gasteiger partial charge in [0.15, 0.2) is 17.5 Å². The van der Waals surface area contributed by atoms with Crippen molar-refractivity contribution in [3.63, 3.8) is 0 Å². The van der Waals surface area contributed by atoms with Gasteiger partial charge in [0.1, 0.15) is 0 Å². The highest BCUT2D eigenvalue weighted by atomic mass is 15.0. The number of nitrogens with zero attached hydrogens (tertiary/aromatic N) is 3. The first-order valence-corrected chi connectivity index (χ1v) is 17.9. The molecule has 2 aliphatic carbocycles. The van der Waals surface area contributed by atoms with E-state index in [1.165, 1.54) is 44.5 Å². The van der Waals surface area contributed by atoms with Gasteiger partial charge in [0.2, 0.25) is 0 Å². The predicted molar refractivity (Wildman–Crippen MR) is 206 cm³/mol. The zero-order chi connectivity index (χ0) is 33.8. The number of fused-ring (bicyclic) bond motifs is 7. The minimum Gasteiger partial charge on any atom is -0.208 e. The van der Waals surface area contributed by atoms with Gasteiger partial charge in [-0.1, -0.05) is 154 Å². The number of hydrogen-bond acceptors (Lipinski definition) is 3. The van der Waals surface area contributed by atoms with Crippen LogP contribution in [0, 0.1) is 5.92 Å². The van der Waals surface area contributed by atoms with E-state index in [1.54, 1.807) is 0 Å². The van der Waals surface area contributed by atoms with Crippen molar-refractivity contribution in [3.8, 4) is 67.5 Å². The summed E-state index contributed by atoms with van der Waals surface area (Å²) in [5, 5.41) is 0. The Kier molecular flexibility index (Phi) is 7.31. The zero-order valence-electron chi connectivity index (χ0n) is 28.8. The van der Waals surface area contributed by atoms with Gasteiger partial charge in [-0.15, -0.1) is 0 Å². The molecular formula is C47H39N3. The second-order valence-electron chi connectivity index (χ2n) is 14.2. The average Bonchev–Trinajstić information content (AvgIpc) is 3.30. The van der Waals surface area contributed by atoms with Crippen LogP contribution < -0.4 is 0 Å². The van der Waals surface area contributed by atoms with Crippen LogP contribution in [0.25, 0.3) is 67.5 Å². The van der Waals surface area contributed by atoms with Crippen LogP contribution in [0.4, 0.5) is 0 Å². The zero-order valence-corrected chi connectivity index (χ0v) is 28.8. The molecule has 0 aliphatic heterocycles. The lowest BCUT2D eigenvalue weighted by Crippen LogP contribution is -2.29. The lowest BCUT2D eigenvalue weighted by Gasteiger charge is -2.34. The van der Waals surface area contributed by atoms with Gasteiger partial charge in [0.25, 0.3) is 0 Å². The van der Waals surface area contributed by atoms with Gasteiger partial charge in [-0.25, -0.2) is 15.0 Å². The summed E-state index contributed by atoms with van der Waals surface area (Å²) in [6.45, 7) is 7.23. The molecule has 0 N–H and O–H groups in total. The molecule has 0 spiro atoms. The maximum absolute atomic E-state index is 5.19. The van der Waals surface area contributed by atoms with Crippen molar-refractivity contribution in [2.75, 3.05) is 0 Å². The molecule has 0 fully saturated rings. The van der Waals surface area contributed by atoms with E-state index in [-0.39, 0.29) is 5.41 Å². The van der Waals surface area contributed by atoms with Crippen LogP contribution in [0.2, 0.25) is 0 Å². The second kappa shape index (κ2) is 12.0. The van der Waals surface area contributed by atoms with E-state index in [0.717, 1.165) is 47.1 Å². The number of aryl methyl sites for hydroxylation is 1. The van der Waals surface area contributed by atoms with Crippen LogP contribution in [-0.4, -0.2) is 15.0 Å². The molecule has 242 valence electrons. The minimum atomic E-state index is -0.0210. The quantitative estimate of drug-likeness (QED) is 0.187. The lowest BCUT2D eigenvalue weighted by atomic mass is 9.69. The van der Waals surface area contributed by atoms with E-state index in [0.29, 0.717) is 23.4 Å². The molecule has 2 aliphatic rings. The van der Waals surface area contributed by atoms with Gasteiger partial charge in [0, 0.05) is 22.1 Å². The average molecular weight is 646 g/mol. The van der Waals surface area contributed by atoms with Gasteiger partial charge < -0.3 is 0 Å². The number of hydrogen-bond donors (Lipinski definition) is 0. The van der Waals surface area contributed by atoms with E-state index in [2.05, 4.69) is 136 Å². The summed E-state index contributed by atoms with van der Waals surface area (Å²) in [4.78, 5) is 15.4. The van der Waals surface area contributed by atoms with Crippen molar-refractivity contribution in [1.29, 1.82) is 0 Å². The molecule has 1 atom stereocenters. The Morgan fingerprint density at radius 2 is 1.06 bits per heavy atom. The third kappa shape index (κ3) is 4.83. The summed E-state index contributed by atoms with van der Waals surface area (Å²) in [5.74, 6) is 2.53. The highest BCUT2D eigenvalue weighted by molar-refractivity contribution is 5.88. The van der Waals surface area contributed by atoms with Crippen LogP contribution in [-0.2, 0) is 18.3 Å². The van der Waals surface area contributed by atoms with E-state index >= 15 is 0 Å². The summed E-state index contributed by atoms with van der Waals surface area (Å²) in [6, 6.07) is 49.8. The predicted octanol–water partition coefficient (Wildman–Crippen LogP) is 11.6. The Morgan fingerprint density at radius 3 is 1.80 bits per heavy atom. The molecule has 50 heavy (non-hydrogen) atoms. The van der Waals surface area contributed by atoms with Crippen LogP contribution in [0.5, 0.6) is 0 Å². The standard InChI is InChI=1S/C47H39N3/c1-30(2)47(3)42-24-13-12-21-38(42)40-28-27-37-36-26-25-34(29-33(36)19-14-23-39(37)43(40)47)45-48-44(32-17-8-5-9-18-32)49-46(50-45)41-22-11-10-20-35(41)31-15-6-4-7-16-31/h4-13,15-18,20-22,24-30H,14,19,23H2,1-3H3. The van der Waals surface area contributed by atoms with Crippen LogP contribution >= 0.6 is 0 Å². The van der Waals surface area contributed by atoms with Gasteiger partial charge >= 0.3 is 0 Å². The smallest absolute Gasteiger partial charge is 0.164 e. The summed E-state index contributed by atoms with van der Waals surface area (Å²) < 4.78 is 0. The molecule has 0 amide bonds. The molecule has 1 heterocycles. The SMILES string of the molecule is CC(C)C1(C)c2ccccc2-c2ccc3c(c21)CCCc1cc(-c2nc(-c4ccccc4)nc(-c4ccccc4-c4ccccc4)n2)ccc1-3. The first kappa shape index (κ1) is 30.4. The van der Waals surface area contributed by atoms with E-state index < -0.39 is 0 Å². The molecule has 3 nitrogen and oxygen atoms in total. The summed E-state index contributed by atoms with van der Waals surface area (Å²) in [5.41, 5.74) is 16.6. The van der Waals surface area contributed by atoms with Crippen molar-refractivity contribution in [1.82, 2.24) is 15.0 Å². The van der Waals surface area contributed by atoms with Crippen molar-refractivity contribution in [2.45, 2.75) is 45.4 Å². The molecular weight excluding hydrogens is 607 g/mol. The van der Waals surface area contributed by atoms with Crippen molar-refractivity contribution in [2.24, 2.45) is 5.92 Å². The molecule has 0 saturated carbocycles. The van der Waals surface area contributed by atoms with Crippen molar-refractivity contribution < 1.29 is 0 Å². The molecule has 0 bridgehead atoms. The van der Waals surface area contributed by atoms with Gasteiger partial charge in [-0.3, -0.25) is 0 Å². The van der Waals surface area contributed by atoms with Crippen LogP contribution in [0.1, 0.15) is 49.4 Å². The highest BCUT2D eigenvalue weighted by Crippen LogP contribution is 2.56. The number of benzene rings is 6. The topological polar surface area (TPSA) is 38.7 Å². The summed E-state index contributed by atoms with van der Waals surface area (Å²) >= 11 is 0. The maximum Gasteiger partial charge on any atom is 0.164 e. The lowest BCUT2D eigenvalue weighted by molar-refractivity contribution is 0.411. The first-order chi connectivity index (χ1) is 24.5. The van der Waals surface area contributed by atoms with Gasteiger partial charge in [-0.05, 0) is 86.9 Å². The third-order valence-corrected chi connectivity index (χ3v) is 11.2. The van der Waals surface area contributed by atoms with Gasteiger partial charge in [0.05, 0.1) is 0 Å². The Labute approximate surface area is 294 Å². The monoisotopic (exact) mass is 645 g/mol. The second-order valence-corrected chi connectivity index (χ2v) is 14.2. The summed E-state index contributed by atoms with van der Waals surface area (Å²) in [6.07, 6.45) is 3.19. The van der Waals surface area contributed by atoms with Gasteiger partial charge in [-0.2, -0.15) is 0 Å². The maximum atomic E-state index is 5.19. The fourth-order valence-corrected chi connectivity index (χ4v) is 8.43. The minimum absolute atomic E-state index is 0.0210. The Morgan fingerprint density at radius 1 is 0.480 bits per heavy atom. The molecule has 0 saturated heterocycles. The Balaban J connectivity index is 1.19. The molecule has 1 unspecified atom stereocenters. The molecule has 9 rings (SSSR count). The van der Waals surface area contributed by atoms with E-state index in [1.807, 2.05) is 24.3 Å². The highest BCUT2D eigenvalue weighted by Gasteiger charge is 2.43. The first-order valence-electron chi connectivity index (χ1n) is 17.9. The largest absolute Gasteiger partial charge is 0.208 e. The normalized spacial score (nSPS) is 15.9. The Bertz CT molecular complexity index is 2390. The molecule has 7 aromatic rings. The Hall–Kier alpha value is -5.67. The summed E-state index contributed by atoms with van der Waals surface area (Å²) in [7, 11) is 0. The molecule has 1 aromatic heterocycles. The molecule has 6 aromatic carbocycles. The van der Waals surface area contributed by atoms with Crippen LogP contribution in [0.15, 0.2) is 140 Å². The third-order valence-electron chi connectivity index (χ3n) is 11.2. The number of aromatic nitrogens is 3. The van der Waals surface area contributed by atoms with Crippen molar-refractivity contribution >= 4 is 0 Å². The fourth-order valence-electron chi connectivity index (χ4n) is 8.43. The molecule has 3 heteroatoms. The number of rotatable bonds is 5. The van der Waals surface area contributed by atoms with E-state index in [4.69, 9.17) is 15.0 Å². The van der Waals surface area contributed by atoms with Crippen molar-refractivity contribution in [3.05, 3.63) is 162 Å². The molecule has 0 radical (unpaired) electrons. The van der Waals surface area contributed by atoms with Crippen LogP contribution in [0.3, 0.4) is 0 Å². The van der Waals surface area contributed by atoms with E-state index in [9.17, 15) is 0 Å².